The van der Waals surface area contributed by atoms with Gasteiger partial charge in [-0.15, -0.1) is 0 Å². The molecule has 14 heavy (non-hydrogen) atoms. The van der Waals surface area contributed by atoms with E-state index in [1.807, 2.05) is 31.2 Å². The predicted molar refractivity (Wildman–Crippen MR) is 62.8 cm³/mol. The number of halogens is 1. The number of hydrogen-bond donors (Lipinski definition) is 1. The van der Waals surface area contributed by atoms with Crippen LogP contribution in [-0.4, -0.2) is 11.2 Å². The third-order valence-electron chi connectivity index (χ3n) is 1.84. The highest BCUT2D eigenvalue weighted by atomic mass is 79.9. The van der Waals surface area contributed by atoms with Crippen LogP contribution in [0.2, 0.25) is 0 Å². The maximum absolute atomic E-state index is 11.4. The van der Waals surface area contributed by atoms with Crippen LogP contribution in [0.3, 0.4) is 0 Å². The number of carbonyl (C=O) groups excluding carboxylic acids is 1. The highest BCUT2D eigenvalue weighted by Crippen LogP contribution is 2.10. The number of carbonyl (C=O) groups is 1. The Kier molecular flexibility index (Phi) is 4.66. The van der Waals surface area contributed by atoms with Crippen molar-refractivity contribution in [1.29, 1.82) is 0 Å². The average Bonchev–Trinajstić information content (AvgIpc) is 2.15. The van der Waals surface area contributed by atoms with Gasteiger partial charge < -0.3 is 5.32 Å². The van der Waals surface area contributed by atoms with Crippen LogP contribution in [-0.2, 0) is 4.79 Å². The van der Waals surface area contributed by atoms with Crippen molar-refractivity contribution in [2.75, 3.05) is 10.6 Å². The molecule has 0 fully saturated rings. The van der Waals surface area contributed by atoms with E-state index in [0.29, 0.717) is 6.42 Å². The maximum atomic E-state index is 11.4. The molecule has 0 aliphatic heterocycles. The molecular formula is C11H14BrNO. The summed E-state index contributed by atoms with van der Waals surface area (Å²) in [6, 6.07) is 7.81. The molecular weight excluding hydrogens is 242 g/mol. The van der Waals surface area contributed by atoms with Crippen molar-refractivity contribution < 1.29 is 4.79 Å². The van der Waals surface area contributed by atoms with Gasteiger partial charge in [-0.1, -0.05) is 28.1 Å². The molecule has 0 saturated carbocycles. The number of aryl methyl sites for hydroxylation is 1. The Balaban J connectivity index is 2.47. The van der Waals surface area contributed by atoms with E-state index in [2.05, 4.69) is 21.2 Å². The van der Waals surface area contributed by atoms with Crippen LogP contribution < -0.4 is 5.32 Å². The van der Waals surface area contributed by atoms with Gasteiger partial charge in [0.05, 0.1) is 0 Å². The summed E-state index contributed by atoms with van der Waals surface area (Å²) in [5.74, 6) is 0.0788. The molecule has 0 aliphatic rings. The van der Waals surface area contributed by atoms with Crippen LogP contribution in [0.15, 0.2) is 24.3 Å². The van der Waals surface area contributed by atoms with E-state index in [9.17, 15) is 4.79 Å². The molecule has 1 aromatic carbocycles. The quantitative estimate of drug-likeness (QED) is 0.824. The lowest BCUT2D eigenvalue weighted by Crippen LogP contribution is -2.11. The number of alkyl halides is 1. The van der Waals surface area contributed by atoms with Crippen LogP contribution in [0.4, 0.5) is 5.69 Å². The van der Waals surface area contributed by atoms with E-state index in [0.717, 1.165) is 23.0 Å². The van der Waals surface area contributed by atoms with Gasteiger partial charge in [-0.3, -0.25) is 4.79 Å². The van der Waals surface area contributed by atoms with Crippen LogP contribution in [0, 0.1) is 6.92 Å². The van der Waals surface area contributed by atoms with Gasteiger partial charge in [-0.05, 0) is 31.0 Å². The first-order valence-electron chi connectivity index (χ1n) is 4.65. The molecule has 1 amide bonds. The number of nitrogens with one attached hydrogen (secondary N) is 1. The number of amides is 1. The van der Waals surface area contributed by atoms with Gasteiger partial charge in [0.1, 0.15) is 0 Å². The largest absolute Gasteiger partial charge is 0.326 e. The molecule has 0 bridgehead atoms. The summed E-state index contributed by atoms with van der Waals surface area (Å²) in [4.78, 5) is 11.4. The first-order chi connectivity index (χ1) is 6.72. The van der Waals surface area contributed by atoms with E-state index in [4.69, 9.17) is 0 Å². The van der Waals surface area contributed by atoms with Gasteiger partial charge in [0.15, 0.2) is 0 Å². The summed E-state index contributed by atoms with van der Waals surface area (Å²) in [6.07, 6.45) is 1.44. The summed E-state index contributed by atoms with van der Waals surface area (Å²) in [5.41, 5.74) is 2.04. The number of benzene rings is 1. The second-order valence-corrected chi connectivity index (χ2v) is 4.00. The zero-order chi connectivity index (χ0) is 10.4. The molecule has 76 valence electrons. The van der Waals surface area contributed by atoms with Crippen molar-refractivity contribution in [1.82, 2.24) is 0 Å². The summed E-state index contributed by atoms with van der Waals surface area (Å²) >= 11 is 3.29. The lowest BCUT2D eigenvalue weighted by molar-refractivity contribution is -0.116. The molecule has 1 N–H and O–H groups in total. The Labute approximate surface area is 92.8 Å². The second-order valence-electron chi connectivity index (χ2n) is 3.21. The zero-order valence-corrected chi connectivity index (χ0v) is 9.80. The van der Waals surface area contributed by atoms with Gasteiger partial charge >= 0.3 is 0 Å². The topological polar surface area (TPSA) is 29.1 Å². The second kappa shape index (κ2) is 5.81. The number of hydrogen-bond acceptors (Lipinski definition) is 1. The lowest BCUT2D eigenvalue weighted by Gasteiger charge is -2.04. The van der Waals surface area contributed by atoms with E-state index in [1.54, 1.807) is 0 Å². The van der Waals surface area contributed by atoms with Gasteiger partial charge in [-0.2, -0.15) is 0 Å². The molecule has 1 rings (SSSR count). The van der Waals surface area contributed by atoms with Gasteiger partial charge in [0.2, 0.25) is 5.91 Å². The first-order valence-corrected chi connectivity index (χ1v) is 5.77. The standard InChI is InChI=1S/C11H14BrNO/c1-9-4-2-5-10(8-9)13-11(14)6-3-7-12/h2,4-5,8H,3,6-7H2,1H3,(H,13,14). The summed E-state index contributed by atoms with van der Waals surface area (Å²) < 4.78 is 0. The lowest BCUT2D eigenvalue weighted by atomic mass is 10.2. The van der Waals surface area contributed by atoms with Crippen LogP contribution >= 0.6 is 15.9 Å². The minimum Gasteiger partial charge on any atom is -0.326 e. The summed E-state index contributed by atoms with van der Waals surface area (Å²) in [7, 11) is 0. The van der Waals surface area contributed by atoms with Crippen molar-refractivity contribution in [3.63, 3.8) is 0 Å². The smallest absolute Gasteiger partial charge is 0.224 e. The molecule has 3 heteroatoms. The molecule has 1 aromatic rings. The SMILES string of the molecule is Cc1cccc(NC(=O)CCCBr)c1. The fourth-order valence-corrected chi connectivity index (χ4v) is 1.45. The van der Waals surface area contributed by atoms with E-state index in [-0.39, 0.29) is 5.91 Å². The van der Waals surface area contributed by atoms with Gasteiger partial charge in [0, 0.05) is 17.4 Å². The molecule has 0 aromatic heterocycles. The molecule has 0 radical (unpaired) electrons. The Bertz CT molecular complexity index is 312. The van der Waals surface area contributed by atoms with Crippen molar-refractivity contribution in [2.24, 2.45) is 0 Å². The third-order valence-corrected chi connectivity index (χ3v) is 2.40. The summed E-state index contributed by atoms with van der Waals surface area (Å²) in [6.45, 7) is 2.01. The monoisotopic (exact) mass is 255 g/mol. The molecule has 0 unspecified atom stereocenters. The predicted octanol–water partition coefficient (Wildman–Crippen LogP) is 3.11. The molecule has 0 atom stereocenters. The highest BCUT2D eigenvalue weighted by Gasteiger charge is 2.00. The van der Waals surface area contributed by atoms with Crippen LogP contribution in [0.25, 0.3) is 0 Å². The Morgan fingerprint density at radius 1 is 1.50 bits per heavy atom. The van der Waals surface area contributed by atoms with E-state index < -0.39 is 0 Å². The van der Waals surface area contributed by atoms with Crippen molar-refractivity contribution in [3.8, 4) is 0 Å². The normalized spacial score (nSPS) is 9.86. The minimum atomic E-state index is 0.0788. The fraction of sp³-hybridized carbons (Fsp3) is 0.364. The third kappa shape index (κ3) is 3.92. The minimum absolute atomic E-state index is 0.0788. The molecule has 0 saturated heterocycles. The van der Waals surface area contributed by atoms with Crippen LogP contribution in [0.5, 0.6) is 0 Å². The highest BCUT2D eigenvalue weighted by molar-refractivity contribution is 9.09. The maximum Gasteiger partial charge on any atom is 0.224 e. The fourth-order valence-electron chi connectivity index (χ4n) is 1.17. The van der Waals surface area contributed by atoms with E-state index in [1.165, 1.54) is 0 Å². The van der Waals surface area contributed by atoms with Gasteiger partial charge in [0.25, 0.3) is 0 Å². The Morgan fingerprint density at radius 2 is 2.29 bits per heavy atom. The Hall–Kier alpha value is -0.830. The zero-order valence-electron chi connectivity index (χ0n) is 8.22. The van der Waals surface area contributed by atoms with Crippen molar-refractivity contribution >= 4 is 27.5 Å². The van der Waals surface area contributed by atoms with Crippen molar-refractivity contribution in [3.05, 3.63) is 29.8 Å². The molecule has 2 nitrogen and oxygen atoms in total. The Morgan fingerprint density at radius 3 is 2.93 bits per heavy atom. The van der Waals surface area contributed by atoms with Crippen molar-refractivity contribution in [2.45, 2.75) is 19.8 Å². The van der Waals surface area contributed by atoms with Crippen LogP contribution in [0.1, 0.15) is 18.4 Å². The summed E-state index contributed by atoms with van der Waals surface area (Å²) in [5, 5.41) is 3.73. The number of anilines is 1. The number of rotatable bonds is 4. The van der Waals surface area contributed by atoms with Gasteiger partial charge in [-0.25, -0.2) is 0 Å². The average molecular weight is 256 g/mol. The molecule has 0 aliphatic carbocycles. The van der Waals surface area contributed by atoms with E-state index >= 15 is 0 Å². The molecule has 0 spiro atoms. The first kappa shape index (κ1) is 11.2. The molecule has 0 heterocycles.